The van der Waals surface area contributed by atoms with E-state index in [1.807, 2.05) is 92.9 Å². The van der Waals surface area contributed by atoms with Crippen LogP contribution in [-0.2, 0) is 5.41 Å². The molecule has 6 rings (SSSR count). The van der Waals surface area contributed by atoms with Crippen molar-refractivity contribution in [3.63, 3.8) is 0 Å². The fraction of sp³-hybridized carbons (Fsp3) is 0.100. The molecular weight excluding hydrogens is 749 g/mol. The first kappa shape index (κ1) is 45.7. The molecule has 0 radical (unpaired) electrons. The Morgan fingerprint density at radius 3 is 2.10 bits per heavy atom. The molecule has 62 heavy (non-hydrogen) atoms. The Hall–Kier alpha value is -7.42. The zero-order chi connectivity index (χ0) is 44.0. The molecule has 0 fully saturated rings. The van der Waals surface area contributed by atoms with Gasteiger partial charge in [-0.25, -0.2) is 0 Å². The van der Waals surface area contributed by atoms with Gasteiger partial charge in [-0.05, 0) is 120 Å². The second kappa shape index (κ2) is 24.0. The SMILES string of the molecule is C=C/C=C\C=C/c1ccccc1C1(C(=C)/C=C\C=C/C)C(=C)/C=C\C=Nc2ccc(-c3cccc(-c4cccc(C)c4)c3)cc21.C=N/C(=C\CC/C=C\C=C\C)c1ccccc1. The fourth-order valence-corrected chi connectivity index (χ4v) is 7.46. The molecule has 0 bridgehead atoms. The van der Waals surface area contributed by atoms with Crippen LogP contribution < -0.4 is 0 Å². The second-order valence-corrected chi connectivity index (χ2v) is 14.7. The van der Waals surface area contributed by atoms with E-state index in [1.165, 1.54) is 16.7 Å². The van der Waals surface area contributed by atoms with Crippen LogP contribution in [0.25, 0.3) is 34.0 Å². The third-order valence-corrected chi connectivity index (χ3v) is 10.5. The van der Waals surface area contributed by atoms with Crippen LogP contribution in [0.5, 0.6) is 0 Å². The average molecular weight is 807 g/mol. The van der Waals surface area contributed by atoms with Crippen molar-refractivity contribution < 1.29 is 0 Å². The summed E-state index contributed by atoms with van der Waals surface area (Å²) < 4.78 is 0. The molecule has 1 unspecified atom stereocenters. The van der Waals surface area contributed by atoms with Crippen molar-refractivity contribution in [1.82, 2.24) is 0 Å². The van der Waals surface area contributed by atoms with Gasteiger partial charge in [-0.1, -0.05) is 220 Å². The highest BCUT2D eigenvalue weighted by molar-refractivity contribution is 5.84. The van der Waals surface area contributed by atoms with Crippen LogP contribution in [0.4, 0.5) is 5.69 Å². The highest BCUT2D eigenvalue weighted by atomic mass is 14.7. The van der Waals surface area contributed by atoms with E-state index >= 15 is 0 Å². The van der Waals surface area contributed by atoms with Crippen molar-refractivity contribution in [3.05, 3.63) is 271 Å². The molecule has 0 N–H and O–H groups in total. The van der Waals surface area contributed by atoms with Crippen molar-refractivity contribution >= 4 is 30.4 Å². The first-order chi connectivity index (χ1) is 30.4. The van der Waals surface area contributed by atoms with E-state index in [2.05, 4.69) is 165 Å². The van der Waals surface area contributed by atoms with Crippen LogP contribution in [-0.4, -0.2) is 12.9 Å². The molecule has 0 saturated carbocycles. The standard InChI is InChI=1S/C44H39N.C16H19N/c1-6-8-10-12-21-36-22-13-14-26-41(36)44(34(4)19-11-9-7-2)35(5)20-17-29-45-43-28-27-40(32-42(43)44)39-25-16-24-38(31-39)37-23-15-18-33(3)30-37;1-3-4-5-6-7-11-14-16(17-2)15-12-9-8-10-13-15/h6-32H,1,4-5H2,2-3H3;3-6,8-10,12-14H,2,7,11H2,1H3/b9-7-,10-8-,19-11-,20-17-,21-12-,45-29?;4-3+,6-5-,16-14-. The molecule has 2 heteroatoms. The van der Waals surface area contributed by atoms with Crippen LogP contribution >= 0.6 is 0 Å². The predicted molar refractivity (Wildman–Crippen MR) is 274 cm³/mol. The van der Waals surface area contributed by atoms with E-state index in [9.17, 15) is 0 Å². The van der Waals surface area contributed by atoms with Gasteiger partial charge in [-0.2, -0.15) is 0 Å². The lowest BCUT2D eigenvalue weighted by Crippen LogP contribution is -2.32. The van der Waals surface area contributed by atoms with Crippen molar-refractivity contribution in [1.29, 1.82) is 0 Å². The summed E-state index contributed by atoms with van der Waals surface area (Å²) in [6.07, 6.45) is 36.3. The first-order valence-corrected chi connectivity index (χ1v) is 21.1. The lowest BCUT2D eigenvalue weighted by molar-refractivity contribution is 0.747. The monoisotopic (exact) mass is 806 g/mol. The number of hydrogen-bond donors (Lipinski definition) is 0. The first-order valence-electron chi connectivity index (χ1n) is 21.1. The largest absolute Gasteiger partial charge is 0.264 e. The van der Waals surface area contributed by atoms with E-state index in [0.717, 1.165) is 68.8 Å². The van der Waals surface area contributed by atoms with Crippen LogP contribution in [0, 0.1) is 6.92 Å². The fourth-order valence-electron chi connectivity index (χ4n) is 7.46. The molecule has 308 valence electrons. The van der Waals surface area contributed by atoms with Crippen LogP contribution in [0.3, 0.4) is 0 Å². The third-order valence-electron chi connectivity index (χ3n) is 10.5. The number of unbranched alkanes of at least 4 members (excludes halogenated alkanes) is 1. The minimum atomic E-state index is -0.797. The smallest absolute Gasteiger partial charge is 0.0717 e. The molecule has 0 saturated heterocycles. The van der Waals surface area contributed by atoms with Gasteiger partial charge in [0.25, 0.3) is 0 Å². The van der Waals surface area contributed by atoms with Gasteiger partial charge in [0.05, 0.1) is 16.8 Å². The van der Waals surface area contributed by atoms with Gasteiger partial charge in [0.1, 0.15) is 0 Å². The number of hydrogen-bond acceptors (Lipinski definition) is 2. The van der Waals surface area contributed by atoms with Crippen molar-refractivity contribution in [2.24, 2.45) is 9.98 Å². The van der Waals surface area contributed by atoms with Gasteiger partial charge in [0.2, 0.25) is 0 Å². The summed E-state index contributed by atoms with van der Waals surface area (Å²) in [5, 5.41) is 0. The van der Waals surface area contributed by atoms with Crippen molar-refractivity contribution in [2.45, 2.75) is 39.0 Å². The summed E-state index contributed by atoms with van der Waals surface area (Å²) in [5.41, 5.74) is 13.0. The Kier molecular flexibility index (Phi) is 17.7. The lowest BCUT2D eigenvalue weighted by atomic mass is 9.62. The van der Waals surface area contributed by atoms with Crippen molar-refractivity contribution in [3.8, 4) is 22.3 Å². The van der Waals surface area contributed by atoms with Gasteiger partial charge in [0, 0.05) is 6.21 Å². The molecule has 5 aromatic rings. The number of aryl methyl sites for hydroxylation is 1. The molecule has 1 heterocycles. The number of benzene rings is 5. The number of nitrogens with zero attached hydrogens (tertiary/aromatic N) is 2. The summed E-state index contributed by atoms with van der Waals surface area (Å²) in [6, 6.07) is 42.6. The van der Waals surface area contributed by atoms with E-state index in [4.69, 9.17) is 18.2 Å². The van der Waals surface area contributed by atoms with E-state index < -0.39 is 5.41 Å². The second-order valence-electron chi connectivity index (χ2n) is 14.7. The Balaban J connectivity index is 0.000000359. The highest BCUT2D eigenvalue weighted by Crippen LogP contribution is 2.51. The Morgan fingerprint density at radius 1 is 0.677 bits per heavy atom. The zero-order valence-electron chi connectivity index (χ0n) is 36.5. The van der Waals surface area contributed by atoms with Crippen LogP contribution in [0.1, 0.15) is 54.5 Å². The molecule has 0 aliphatic carbocycles. The van der Waals surface area contributed by atoms with E-state index in [0.29, 0.717) is 0 Å². The average Bonchev–Trinajstić information content (AvgIpc) is 3.30. The number of rotatable bonds is 15. The molecule has 0 spiro atoms. The van der Waals surface area contributed by atoms with Gasteiger partial charge in [-0.15, -0.1) is 0 Å². The summed E-state index contributed by atoms with van der Waals surface area (Å²) in [7, 11) is 0. The van der Waals surface area contributed by atoms with Gasteiger partial charge in [-0.3, -0.25) is 9.98 Å². The van der Waals surface area contributed by atoms with Crippen LogP contribution in [0.15, 0.2) is 253 Å². The topological polar surface area (TPSA) is 24.7 Å². The van der Waals surface area contributed by atoms with E-state index in [1.54, 1.807) is 6.08 Å². The summed E-state index contributed by atoms with van der Waals surface area (Å²) in [6.45, 7) is 23.0. The normalized spacial score (nSPS) is 15.9. The maximum atomic E-state index is 4.93. The molecule has 1 aliphatic rings. The Morgan fingerprint density at radius 2 is 1.37 bits per heavy atom. The number of aliphatic imine (C=N–C) groups is 2. The molecule has 1 aliphatic heterocycles. The van der Waals surface area contributed by atoms with E-state index in [-0.39, 0.29) is 0 Å². The number of fused-ring (bicyclic) bond motifs is 1. The predicted octanol–water partition coefficient (Wildman–Crippen LogP) is 16.5. The van der Waals surface area contributed by atoms with Gasteiger partial charge >= 0.3 is 0 Å². The maximum Gasteiger partial charge on any atom is 0.0717 e. The summed E-state index contributed by atoms with van der Waals surface area (Å²) >= 11 is 0. The molecule has 1 atom stereocenters. The highest BCUT2D eigenvalue weighted by Gasteiger charge is 2.41. The molecule has 5 aromatic carbocycles. The molecule has 0 amide bonds. The van der Waals surface area contributed by atoms with Gasteiger partial charge < -0.3 is 0 Å². The minimum absolute atomic E-state index is 0.797. The quantitative estimate of drug-likeness (QED) is 0.0572. The van der Waals surface area contributed by atoms with Crippen LogP contribution in [0.2, 0.25) is 0 Å². The van der Waals surface area contributed by atoms with Gasteiger partial charge in [0.15, 0.2) is 0 Å². The number of allylic oxidation sites excluding steroid dienone is 17. The minimum Gasteiger partial charge on any atom is -0.264 e. The Bertz CT molecular complexity index is 2610. The maximum absolute atomic E-state index is 4.93. The summed E-state index contributed by atoms with van der Waals surface area (Å²) in [4.78, 5) is 9.00. The van der Waals surface area contributed by atoms with Crippen molar-refractivity contribution in [2.75, 3.05) is 0 Å². The molecule has 0 aromatic heterocycles. The lowest BCUT2D eigenvalue weighted by Gasteiger charge is -2.39. The summed E-state index contributed by atoms with van der Waals surface area (Å²) in [5.74, 6) is 0. The Labute approximate surface area is 371 Å². The molecular formula is C60H58N2. The zero-order valence-corrected chi connectivity index (χ0v) is 36.5. The molecule has 2 nitrogen and oxygen atoms in total. The third kappa shape index (κ3) is 11.9.